The van der Waals surface area contributed by atoms with Crippen LogP contribution in [0, 0.1) is 25.5 Å². The van der Waals surface area contributed by atoms with E-state index in [1.165, 1.54) is 20.0 Å². The van der Waals surface area contributed by atoms with E-state index in [2.05, 4.69) is 5.10 Å². The Kier molecular flexibility index (Phi) is 5.53. The van der Waals surface area contributed by atoms with Crippen LogP contribution in [0.3, 0.4) is 0 Å². The van der Waals surface area contributed by atoms with Crippen molar-refractivity contribution in [2.45, 2.75) is 25.2 Å². The number of aryl methyl sites for hydroxylation is 2. The topological polar surface area (TPSA) is 75.5 Å². The molecule has 1 fully saturated rings. The van der Waals surface area contributed by atoms with E-state index in [0.29, 0.717) is 24.4 Å². The number of benzene rings is 1. The summed E-state index contributed by atoms with van der Waals surface area (Å²) in [6.45, 7) is 4.22. The van der Waals surface area contributed by atoms with E-state index in [0.717, 1.165) is 12.1 Å². The molecule has 152 valence electrons. The van der Waals surface area contributed by atoms with E-state index in [4.69, 9.17) is 0 Å². The van der Waals surface area contributed by atoms with Crippen LogP contribution < -0.4 is 0 Å². The van der Waals surface area contributed by atoms with Crippen molar-refractivity contribution in [2.75, 3.05) is 26.2 Å². The Balaban J connectivity index is 1.79. The van der Waals surface area contributed by atoms with Gasteiger partial charge in [-0.25, -0.2) is 17.2 Å². The van der Waals surface area contributed by atoms with Crippen molar-refractivity contribution >= 4 is 15.9 Å². The van der Waals surface area contributed by atoms with Crippen LogP contribution in [0.4, 0.5) is 8.78 Å². The summed E-state index contributed by atoms with van der Waals surface area (Å²) in [5.41, 5.74) is 1.02. The third kappa shape index (κ3) is 3.66. The number of carbonyl (C=O) groups is 1. The molecule has 0 saturated carbocycles. The van der Waals surface area contributed by atoms with Crippen LogP contribution in [0.1, 0.15) is 28.2 Å². The smallest absolute Gasteiger partial charge is 0.254 e. The fourth-order valence-corrected chi connectivity index (χ4v) is 5.27. The molecule has 0 bridgehead atoms. The minimum absolute atomic E-state index is 0.0363. The lowest BCUT2D eigenvalue weighted by molar-refractivity contribution is 0.0763. The van der Waals surface area contributed by atoms with Crippen LogP contribution in [0.15, 0.2) is 23.1 Å². The van der Waals surface area contributed by atoms with E-state index in [-0.39, 0.29) is 30.1 Å². The molecular weight excluding hydrogens is 390 g/mol. The van der Waals surface area contributed by atoms with Gasteiger partial charge in [-0.05, 0) is 38.5 Å². The minimum atomic E-state index is -3.75. The normalized spacial score (nSPS) is 16.2. The van der Waals surface area contributed by atoms with Crippen LogP contribution in [-0.4, -0.2) is 59.5 Å². The monoisotopic (exact) mass is 412 g/mol. The third-order valence-electron chi connectivity index (χ3n) is 4.95. The second-order valence-electron chi connectivity index (χ2n) is 6.80. The number of nitrogens with zero attached hydrogens (tertiary/aromatic N) is 4. The molecule has 10 heteroatoms. The van der Waals surface area contributed by atoms with Crippen molar-refractivity contribution < 1.29 is 22.0 Å². The molecule has 0 N–H and O–H groups in total. The zero-order valence-electron chi connectivity index (χ0n) is 15.9. The fraction of sp³-hybridized carbons (Fsp3) is 0.444. The summed E-state index contributed by atoms with van der Waals surface area (Å²) >= 11 is 0. The number of hydrogen-bond donors (Lipinski definition) is 0. The van der Waals surface area contributed by atoms with Crippen molar-refractivity contribution in [3.8, 4) is 0 Å². The lowest BCUT2D eigenvalue weighted by Gasteiger charge is -2.22. The van der Waals surface area contributed by atoms with E-state index in [9.17, 15) is 22.0 Å². The highest BCUT2D eigenvalue weighted by Gasteiger charge is 2.32. The van der Waals surface area contributed by atoms with Crippen molar-refractivity contribution in [3.63, 3.8) is 0 Å². The minimum Gasteiger partial charge on any atom is -0.337 e. The highest BCUT2D eigenvalue weighted by Crippen LogP contribution is 2.24. The molecule has 1 saturated heterocycles. The molecule has 1 aromatic heterocycles. The van der Waals surface area contributed by atoms with Gasteiger partial charge in [-0.3, -0.25) is 9.48 Å². The van der Waals surface area contributed by atoms with Gasteiger partial charge in [0.05, 0.1) is 11.4 Å². The number of hydrogen-bond acceptors (Lipinski definition) is 4. The number of rotatable bonds is 3. The molecule has 0 radical (unpaired) electrons. The predicted molar refractivity (Wildman–Crippen MR) is 98.3 cm³/mol. The number of amides is 1. The summed E-state index contributed by atoms with van der Waals surface area (Å²) in [6.07, 6.45) is 0.438. The van der Waals surface area contributed by atoms with Crippen molar-refractivity contribution in [1.29, 1.82) is 0 Å². The van der Waals surface area contributed by atoms with Crippen LogP contribution >= 0.6 is 0 Å². The standard InChI is InChI=1S/C18H22F2N4O3S/c1-12-17(13(2)22(3)21-12)28(26,27)24-8-4-7-23(9-10-24)18(25)14-5-6-15(19)16(20)11-14/h5-6,11H,4,7-10H2,1-3H3. The molecule has 0 spiro atoms. The molecular formula is C18H22F2N4O3S. The van der Waals surface area contributed by atoms with Gasteiger partial charge in [0.1, 0.15) is 4.90 Å². The van der Waals surface area contributed by atoms with Crippen LogP contribution in [0.25, 0.3) is 0 Å². The predicted octanol–water partition coefficient (Wildman–Crippen LogP) is 1.85. The maximum Gasteiger partial charge on any atom is 0.254 e. The number of halogens is 2. The van der Waals surface area contributed by atoms with E-state index in [1.54, 1.807) is 20.9 Å². The van der Waals surface area contributed by atoms with E-state index < -0.39 is 27.6 Å². The van der Waals surface area contributed by atoms with Gasteiger partial charge in [0.15, 0.2) is 11.6 Å². The lowest BCUT2D eigenvalue weighted by atomic mass is 10.2. The van der Waals surface area contributed by atoms with Crippen molar-refractivity contribution in [2.24, 2.45) is 7.05 Å². The summed E-state index contributed by atoms with van der Waals surface area (Å²) in [7, 11) is -2.06. The van der Waals surface area contributed by atoms with Gasteiger partial charge in [0.25, 0.3) is 5.91 Å². The molecule has 2 aromatic rings. The Morgan fingerprint density at radius 3 is 2.39 bits per heavy atom. The molecule has 28 heavy (non-hydrogen) atoms. The summed E-state index contributed by atoms with van der Waals surface area (Å²) in [5, 5.41) is 4.17. The Morgan fingerprint density at radius 2 is 1.79 bits per heavy atom. The molecule has 2 heterocycles. The Bertz CT molecular complexity index is 1020. The van der Waals surface area contributed by atoms with Crippen molar-refractivity contribution in [3.05, 3.63) is 46.8 Å². The Labute approximate surface area is 162 Å². The number of sulfonamides is 1. The van der Waals surface area contributed by atoms with Gasteiger partial charge in [-0.1, -0.05) is 0 Å². The van der Waals surface area contributed by atoms with Gasteiger partial charge in [-0.2, -0.15) is 9.40 Å². The number of carbonyl (C=O) groups excluding carboxylic acids is 1. The Morgan fingerprint density at radius 1 is 1.07 bits per heavy atom. The molecule has 0 unspecified atom stereocenters. The molecule has 7 nitrogen and oxygen atoms in total. The quantitative estimate of drug-likeness (QED) is 0.771. The van der Waals surface area contributed by atoms with Gasteiger partial charge >= 0.3 is 0 Å². The maximum absolute atomic E-state index is 13.4. The Hall–Kier alpha value is -2.33. The van der Waals surface area contributed by atoms with E-state index >= 15 is 0 Å². The summed E-state index contributed by atoms with van der Waals surface area (Å²) in [4.78, 5) is 14.3. The summed E-state index contributed by atoms with van der Waals surface area (Å²) in [5.74, 6) is -2.56. The molecule has 1 amide bonds. The van der Waals surface area contributed by atoms with Gasteiger partial charge < -0.3 is 4.90 Å². The highest BCUT2D eigenvalue weighted by atomic mass is 32.2. The first-order valence-corrected chi connectivity index (χ1v) is 10.3. The largest absolute Gasteiger partial charge is 0.337 e. The summed E-state index contributed by atoms with van der Waals surface area (Å²) < 4.78 is 55.6. The first-order valence-electron chi connectivity index (χ1n) is 8.87. The zero-order chi connectivity index (χ0) is 20.6. The van der Waals surface area contributed by atoms with Crippen LogP contribution in [0.5, 0.6) is 0 Å². The molecule has 1 aromatic carbocycles. The van der Waals surface area contributed by atoms with Crippen LogP contribution in [-0.2, 0) is 17.1 Å². The fourth-order valence-electron chi connectivity index (χ4n) is 3.41. The van der Waals surface area contributed by atoms with Gasteiger partial charge in [0.2, 0.25) is 10.0 Å². The molecule has 0 aliphatic carbocycles. The zero-order valence-corrected chi connectivity index (χ0v) is 16.8. The first kappa shape index (κ1) is 20.4. The maximum atomic E-state index is 13.4. The van der Waals surface area contributed by atoms with E-state index in [1.807, 2.05) is 0 Å². The second-order valence-corrected chi connectivity index (χ2v) is 8.68. The second kappa shape index (κ2) is 7.59. The van der Waals surface area contributed by atoms with Crippen molar-refractivity contribution in [1.82, 2.24) is 19.0 Å². The molecule has 1 aliphatic heterocycles. The third-order valence-corrected chi connectivity index (χ3v) is 7.10. The SMILES string of the molecule is Cc1nn(C)c(C)c1S(=O)(=O)N1CCCN(C(=O)c2ccc(F)c(F)c2)CC1. The number of aromatic nitrogens is 2. The molecule has 3 rings (SSSR count). The van der Waals surface area contributed by atoms with Gasteiger partial charge in [0, 0.05) is 38.8 Å². The lowest BCUT2D eigenvalue weighted by Crippen LogP contribution is -2.37. The average molecular weight is 412 g/mol. The highest BCUT2D eigenvalue weighted by molar-refractivity contribution is 7.89. The molecule has 1 aliphatic rings. The summed E-state index contributed by atoms with van der Waals surface area (Å²) in [6, 6.07) is 2.99. The first-order chi connectivity index (χ1) is 13.1. The van der Waals surface area contributed by atoms with Gasteiger partial charge in [-0.15, -0.1) is 0 Å². The average Bonchev–Trinajstić information content (AvgIpc) is 2.82. The van der Waals surface area contributed by atoms with Crippen LogP contribution in [0.2, 0.25) is 0 Å². The molecule has 0 atom stereocenters.